The van der Waals surface area contributed by atoms with Crippen molar-refractivity contribution in [3.8, 4) is 0 Å². The Bertz CT molecular complexity index is 342. The number of nitrogens with one attached hydrogen (secondary N) is 1. The highest BCUT2D eigenvalue weighted by molar-refractivity contribution is 7.99. The fraction of sp³-hybridized carbons (Fsp3) is 0.769. The van der Waals surface area contributed by atoms with Crippen LogP contribution in [0.5, 0.6) is 0 Å². The summed E-state index contributed by atoms with van der Waals surface area (Å²) in [4.78, 5) is 4.56. The highest BCUT2D eigenvalue weighted by Crippen LogP contribution is 2.25. The third kappa shape index (κ3) is 3.66. The number of imidazole rings is 1. The third-order valence-corrected chi connectivity index (χ3v) is 4.52. The zero-order chi connectivity index (χ0) is 12.1. The van der Waals surface area contributed by atoms with E-state index in [0.717, 1.165) is 36.4 Å². The molecule has 4 heteroatoms. The molecule has 0 radical (unpaired) electrons. The number of aromatic nitrogens is 2. The molecule has 1 N–H and O–H groups in total. The van der Waals surface area contributed by atoms with E-state index < -0.39 is 0 Å². The SMILES string of the molecule is CCCn1cc(C)nc1NCC1CCCCS1. The molecule has 2 rings (SSSR count). The van der Waals surface area contributed by atoms with E-state index in [1.165, 1.54) is 25.0 Å². The van der Waals surface area contributed by atoms with E-state index in [0.29, 0.717) is 0 Å². The molecule has 0 aromatic carbocycles. The molecule has 0 saturated carbocycles. The molecule has 1 unspecified atom stereocenters. The molecule has 1 aromatic rings. The van der Waals surface area contributed by atoms with Crippen LogP contribution in [-0.4, -0.2) is 27.1 Å². The quantitative estimate of drug-likeness (QED) is 0.873. The van der Waals surface area contributed by atoms with Gasteiger partial charge < -0.3 is 9.88 Å². The lowest BCUT2D eigenvalue weighted by molar-refractivity contribution is 0.660. The Morgan fingerprint density at radius 1 is 1.53 bits per heavy atom. The van der Waals surface area contributed by atoms with Gasteiger partial charge in [-0.2, -0.15) is 11.8 Å². The summed E-state index contributed by atoms with van der Waals surface area (Å²) in [6, 6.07) is 0. The zero-order valence-corrected chi connectivity index (χ0v) is 11.7. The summed E-state index contributed by atoms with van der Waals surface area (Å²) >= 11 is 2.11. The molecule has 0 aliphatic carbocycles. The summed E-state index contributed by atoms with van der Waals surface area (Å²) in [5.41, 5.74) is 1.11. The van der Waals surface area contributed by atoms with Crippen LogP contribution in [0.1, 0.15) is 38.3 Å². The van der Waals surface area contributed by atoms with E-state index in [9.17, 15) is 0 Å². The minimum Gasteiger partial charge on any atom is -0.355 e. The van der Waals surface area contributed by atoms with Crippen molar-refractivity contribution in [2.75, 3.05) is 17.6 Å². The van der Waals surface area contributed by atoms with Crippen LogP contribution in [0, 0.1) is 6.92 Å². The molecular formula is C13H23N3S. The fourth-order valence-corrected chi connectivity index (χ4v) is 3.51. The van der Waals surface area contributed by atoms with Gasteiger partial charge in [-0.3, -0.25) is 0 Å². The Morgan fingerprint density at radius 2 is 2.41 bits per heavy atom. The number of nitrogens with zero attached hydrogens (tertiary/aromatic N) is 2. The van der Waals surface area contributed by atoms with Crippen LogP contribution in [0.3, 0.4) is 0 Å². The fourth-order valence-electron chi connectivity index (χ4n) is 2.27. The second-order valence-electron chi connectivity index (χ2n) is 4.77. The smallest absolute Gasteiger partial charge is 0.203 e. The van der Waals surface area contributed by atoms with Gasteiger partial charge in [-0.15, -0.1) is 0 Å². The Kier molecular flexibility index (Phi) is 4.77. The van der Waals surface area contributed by atoms with Crippen molar-refractivity contribution in [2.45, 2.75) is 51.3 Å². The van der Waals surface area contributed by atoms with Gasteiger partial charge in [0.15, 0.2) is 0 Å². The predicted molar refractivity (Wildman–Crippen MR) is 75.8 cm³/mol. The summed E-state index contributed by atoms with van der Waals surface area (Å²) in [7, 11) is 0. The first kappa shape index (κ1) is 12.8. The van der Waals surface area contributed by atoms with E-state index in [2.05, 4.69) is 46.7 Å². The van der Waals surface area contributed by atoms with Gasteiger partial charge in [-0.05, 0) is 31.9 Å². The molecule has 1 fully saturated rings. The molecule has 3 nitrogen and oxygen atoms in total. The molecule has 96 valence electrons. The number of thioether (sulfide) groups is 1. The highest BCUT2D eigenvalue weighted by Gasteiger charge is 2.14. The molecule has 0 spiro atoms. The van der Waals surface area contributed by atoms with Crippen LogP contribution in [0.2, 0.25) is 0 Å². The van der Waals surface area contributed by atoms with Crippen LogP contribution in [-0.2, 0) is 6.54 Å². The average molecular weight is 253 g/mol. The summed E-state index contributed by atoms with van der Waals surface area (Å²) < 4.78 is 2.24. The molecular weight excluding hydrogens is 230 g/mol. The number of hydrogen-bond acceptors (Lipinski definition) is 3. The molecule has 1 saturated heterocycles. The molecule has 2 heterocycles. The van der Waals surface area contributed by atoms with Crippen molar-refractivity contribution >= 4 is 17.7 Å². The normalized spacial score (nSPS) is 20.5. The van der Waals surface area contributed by atoms with Gasteiger partial charge in [0, 0.05) is 24.5 Å². The van der Waals surface area contributed by atoms with Crippen LogP contribution >= 0.6 is 11.8 Å². The lowest BCUT2D eigenvalue weighted by Gasteiger charge is -2.21. The van der Waals surface area contributed by atoms with Crippen LogP contribution in [0.15, 0.2) is 6.20 Å². The number of anilines is 1. The van der Waals surface area contributed by atoms with E-state index in [-0.39, 0.29) is 0 Å². The zero-order valence-electron chi connectivity index (χ0n) is 10.9. The first-order valence-electron chi connectivity index (χ1n) is 6.69. The highest BCUT2D eigenvalue weighted by atomic mass is 32.2. The van der Waals surface area contributed by atoms with Crippen molar-refractivity contribution in [1.82, 2.24) is 9.55 Å². The largest absolute Gasteiger partial charge is 0.355 e. The minimum absolute atomic E-state index is 0.774. The van der Waals surface area contributed by atoms with Gasteiger partial charge in [0.25, 0.3) is 0 Å². The van der Waals surface area contributed by atoms with E-state index in [1.807, 2.05) is 0 Å². The van der Waals surface area contributed by atoms with Gasteiger partial charge in [-0.25, -0.2) is 4.98 Å². The lowest BCUT2D eigenvalue weighted by Crippen LogP contribution is -2.21. The second-order valence-corrected chi connectivity index (χ2v) is 6.18. The van der Waals surface area contributed by atoms with Crippen molar-refractivity contribution < 1.29 is 0 Å². The molecule has 1 aliphatic rings. The van der Waals surface area contributed by atoms with E-state index in [1.54, 1.807) is 0 Å². The number of hydrogen-bond donors (Lipinski definition) is 1. The first-order chi connectivity index (χ1) is 8.29. The van der Waals surface area contributed by atoms with Gasteiger partial charge in [0.1, 0.15) is 0 Å². The maximum atomic E-state index is 4.56. The molecule has 17 heavy (non-hydrogen) atoms. The third-order valence-electron chi connectivity index (χ3n) is 3.12. The van der Waals surface area contributed by atoms with Crippen LogP contribution in [0.25, 0.3) is 0 Å². The number of aryl methyl sites for hydroxylation is 2. The van der Waals surface area contributed by atoms with Crippen molar-refractivity contribution in [3.05, 3.63) is 11.9 Å². The van der Waals surface area contributed by atoms with Gasteiger partial charge >= 0.3 is 0 Å². The molecule has 0 amide bonds. The van der Waals surface area contributed by atoms with Gasteiger partial charge in [0.2, 0.25) is 5.95 Å². The first-order valence-corrected chi connectivity index (χ1v) is 7.73. The predicted octanol–water partition coefficient (Wildman–Crippen LogP) is 3.30. The standard InChI is InChI=1S/C13H23N3S/c1-3-7-16-10-11(2)15-13(16)14-9-12-6-4-5-8-17-12/h10,12H,3-9H2,1-2H3,(H,14,15). The van der Waals surface area contributed by atoms with Crippen molar-refractivity contribution in [1.29, 1.82) is 0 Å². The Labute approximate surface area is 108 Å². The average Bonchev–Trinajstić information content (AvgIpc) is 2.69. The molecule has 1 aromatic heterocycles. The topological polar surface area (TPSA) is 29.9 Å². The maximum Gasteiger partial charge on any atom is 0.203 e. The van der Waals surface area contributed by atoms with E-state index in [4.69, 9.17) is 0 Å². The van der Waals surface area contributed by atoms with E-state index >= 15 is 0 Å². The summed E-state index contributed by atoms with van der Waals surface area (Å²) in [5.74, 6) is 2.38. The van der Waals surface area contributed by atoms with Crippen LogP contribution < -0.4 is 5.32 Å². The summed E-state index contributed by atoms with van der Waals surface area (Å²) in [6.07, 6.45) is 7.43. The molecule has 1 atom stereocenters. The Hall–Kier alpha value is -0.640. The summed E-state index contributed by atoms with van der Waals surface area (Å²) in [6.45, 7) is 6.38. The maximum absolute atomic E-state index is 4.56. The summed E-state index contributed by atoms with van der Waals surface area (Å²) in [5, 5.41) is 4.29. The van der Waals surface area contributed by atoms with Gasteiger partial charge in [0.05, 0.1) is 5.69 Å². The van der Waals surface area contributed by atoms with Crippen molar-refractivity contribution in [3.63, 3.8) is 0 Å². The van der Waals surface area contributed by atoms with Crippen molar-refractivity contribution in [2.24, 2.45) is 0 Å². The second kappa shape index (κ2) is 6.34. The molecule has 0 bridgehead atoms. The van der Waals surface area contributed by atoms with Crippen LogP contribution in [0.4, 0.5) is 5.95 Å². The molecule has 1 aliphatic heterocycles. The minimum atomic E-state index is 0.774. The Morgan fingerprint density at radius 3 is 3.12 bits per heavy atom. The lowest BCUT2D eigenvalue weighted by atomic mass is 10.2. The monoisotopic (exact) mass is 253 g/mol. The Balaban J connectivity index is 1.88. The number of rotatable bonds is 5. The van der Waals surface area contributed by atoms with Gasteiger partial charge in [-0.1, -0.05) is 13.3 Å².